The van der Waals surface area contributed by atoms with Gasteiger partial charge in [-0.2, -0.15) is 0 Å². The zero-order chi connectivity index (χ0) is 18.2. The number of amides is 1. The predicted octanol–water partition coefficient (Wildman–Crippen LogP) is 4.53. The molecule has 132 valence electrons. The zero-order valence-corrected chi connectivity index (χ0v) is 14.7. The Bertz CT molecular complexity index is 874. The van der Waals surface area contributed by atoms with Gasteiger partial charge >= 0.3 is 0 Å². The number of rotatable bonds is 7. The van der Waals surface area contributed by atoms with Crippen molar-refractivity contribution in [3.05, 3.63) is 84.4 Å². The first-order valence-corrected chi connectivity index (χ1v) is 8.99. The highest BCUT2D eigenvalue weighted by Gasteiger charge is 2.07. The van der Waals surface area contributed by atoms with Crippen LogP contribution in [-0.4, -0.2) is 16.6 Å². The molecule has 3 rings (SSSR count). The second kappa shape index (κ2) is 9.01. The summed E-state index contributed by atoms with van der Waals surface area (Å²) in [5.74, 6) is 0.227. The van der Waals surface area contributed by atoms with E-state index in [0.29, 0.717) is 22.9 Å². The maximum atomic E-state index is 13.6. The van der Waals surface area contributed by atoms with Crippen molar-refractivity contribution >= 4 is 23.4 Å². The third kappa shape index (κ3) is 5.32. The molecular formula is C20H17FN2O2S. The summed E-state index contributed by atoms with van der Waals surface area (Å²) in [5, 5.41) is 2.79. The molecule has 3 aromatic rings. The van der Waals surface area contributed by atoms with Gasteiger partial charge in [0.2, 0.25) is 5.91 Å². The monoisotopic (exact) mass is 368 g/mol. The Morgan fingerprint density at radius 3 is 2.73 bits per heavy atom. The molecular weight excluding hydrogens is 351 g/mol. The molecule has 1 amide bonds. The van der Waals surface area contributed by atoms with Crippen LogP contribution in [0.15, 0.2) is 77.8 Å². The van der Waals surface area contributed by atoms with Crippen molar-refractivity contribution in [1.82, 2.24) is 4.98 Å². The van der Waals surface area contributed by atoms with E-state index in [0.717, 1.165) is 17.5 Å². The summed E-state index contributed by atoms with van der Waals surface area (Å²) in [5.41, 5.74) is 1.45. The molecule has 0 atom stereocenters. The van der Waals surface area contributed by atoms with Crippen LogP contribution in [0.1, 0.15) is 5.69 Å². The van der Waals surface area contributed by atoms with Crippen molar-refractivity contribution in [2.24, 2.45) is 0 Å². The van der Waals surface area contributed by atoms with Crippen LogP contribution in [0.4, 0.5) is 10.1 Å². The summed E-state index contributed by atoms with van der Waals surface area (Å²) in [4.78, 5) is 16.7. The average Bonchev–Trinajstić information content (AvgIpc) is 2.67. The Kier molecular flexibility index (Phi) is 6.22. The number of hydrogen-bond acceptors (Lipinski definition) is 4. The summed E-state index contributed by atoms with van der Waals surface area (Å²) < 4.78 is 19.3. The van der Waals surface area contributed by atoms with Gasteiger partial charge in [-0.05, 0) is 36.4 Å². The standard InChI is InChI=1S/C20H17FN2O2S/c21-18-9-1-2-10-19(18)26-14-20(24)23-15-7-5-8-17(12-15)25-13-16-6-3-4-11-22-16/h1-12H,13-14H2,(H,23,24). The van der Waals surface area contributed by atoms with Gasteiger partial charge in [0.25, 0.3) is 0 Å². The van der Waals surface area contributed by atoms with E-state index in [-0.39, 0.29) is 17.5 Å². The second-order valence-corrected chi connectivity index (χ2v) is 6.42. The lowest BCUT2D eigenvalue weighted by Crippen LogP contribution is -2.14. The van der Waals surface area contributed by atoms with Crippen molar-refractivity contribution in [2.45, 2.75) is 11.5 Å². The number of carbonyl (C=O) groups is 1. The summed E-state index contributed by atoms with van der Waals surface area (Å²) >= 11 is 1.16. The van der Waals surface area contributed by atoms with Crippen LogP contribution in [-0.2, 0) is 11.4 Å². The van der Waals surface area contributed by atoms with Gasteiger partial charge in [0.05, 0.1) is 11.4 Å². The molecule has 0 aliphatic carbocycles. The molecule has 2 aromatic carbocycles. The molecule has 26 heavy (non-hydrogen) atoms. The van der Waals surface area contributed by atoms with Gasteiger partial charge in [-0.3, -0.25) is 9.78 Å². The quantitative estimate of drug-likeness (QED) is 0.623. The van der Waals surface area contributed by atoms with Gasteiger partial charge in [0, 0.05) is 22.8 Å². The maximum Gasteiger partial charge on any atom is 0.234 e. The van der Waals surface area contributed by atoms with Crippen molar-refractivity contribution in [3.63, 3.8) is 0 Å². The Balaban J connectivity index is 1.53. The van der Waals surface area contributed by atoms with E-state index in [4.69, 9.17) is 4.74 Å². The lowest BCUT2D eigenvalue weighted by atomic mass is 10.3. The first-order chi connectivity index (χ1) is 12.7. The molecule has 0 saturated carbocycles. The van der Waals surface area contributed by atoms with Crippen LogP contribution in [0.2, 0.25) is 0 Å². The Morgan fingerprint density at radius 1 is 1.08 bits per heavy atom. The van der Waals surface area contributed by atoms with Crippen molar-refractivity contribution in [1.29, 1.82) is 0 Å². The molecule has 4 nitrogen and oxygen atoms in total. The lowest BCUT2D eigenvalue weighted by molar-refractivity contribution is -0.113. The maximum absolute atomic E-state index is 13.6. The molecule has 1 N–H and O–H groups in total. The Labute approximate surface area is 155 Å². The highest BCUT2D eigenvalue weighted by molar-refractivity contribution is 8.00. The van der Waals surface area contributed by atoms with Crippen LogP contribution in [0.3, 0.4) is 0 Å². The first kappa shape index (κ1) is 17.9. The fraction of sp³-hybridized carbons (Fsp3) is 0.100. The third-order valence-corrected chi connectivity index (χ3v) is 4.47. The predicted molar refractivity (Wildman–Crippen MR) is 101 cm³/mol. The number of pyridine rings is 1. The number of thioether (sulfide) groups is 1. The smallest absolute Gasteiger partial charge is 0.234 e. The van der Waals surface area contributed by atoms with E-state index in [9.17, 15) is 9.18 Å². The molecule has 0 saturated heterocycles. The minimum atomic E-state index is -0.324. The number of hydrogen-bond donors (Lipinski definition) is 1. The number of nitrogens with one attached hydrogen (secondary N) is 1. The number of carbonyl (C=O) groups excluding carboxylic acids is 1. The van der Waals surface area contributed by atoms with Crippen LogP contribution >= 0.6 is 11.8 Å². The van der Waals surface area contributed by atoms with Gasteiger partial charge in [-0.15, -0.1) is 11.8 Å². The normalized spacial score (nSPS) is 10.3. The summed E-state index contributed by atoms with van der Waals surface area (Å²) in [6.45, 7) is 0.349. The van der Waals surface area contributed by atoms with Crippen LogP contribution in [0.25, 0.3) is 0 Å². The van der Waals surface area contributed by atoms with Crippen molar-refractivity contribution in [2.75, 3.05) is 11.1 Å². The number of ether oxygens (including phenoxy) is 1. The minimum absolute atomic E-state index is 0.125. The molecule has 0 spiro atoms. The third-order valence-electron chi connectivity index (χ3n) is 3.43. The Hall–Kier alpha value is -2.86. The number of aromatic nitrogens is 1. The van der Waals surface area contributed by atoms with E-state index in [1.807, 2.05) is 24.3 Å². The summed E-state index contributed by atoms with van der Waals surface area (Å²) in [6, 6.07) is 19.2. The van der Waals surface area contributed by atoms with Gasteiger partial charge in [0.15, 0.2) is 0 Å². The molecule has 6 heteroatoms. The number of anilines is 1. The molecule has 0 aliphatic rings. The molecule has 0 unspecified atom stereocenters. The average molecular weight is 368 g/mol. The van der Waals surface area contributed by atoms with Crippen LogP contribution in [0, 0.1) is 5.82 Å². The molecule has 0 aliphatic heterocycles. The lowest BCUT2D eigenvalue weighted by Gasteiger charge is -2.09. The zero-order valence-electron chi connectivity index (χ0n) is 13.9. The molecule has 0 bridgehead atoms. The molecule has 0 radical (unpaired) electrons. The van der Waals surface area contributed by atoms with E-state index in [1.54, 1.807) is 42.6 Å². The van der Waals surface area contributed by atoms with Crippen LogP contribution in [0.5, 0.6) is 5.75 Å². The van der Waals surface area contributed by atoms with E-state index in [1.165, 1.54) is 6.07 Å². The van der Waals surface area contributed by atoms with Crippen molar-refractivity contribution in [3.8, 4) is 5.75 Å². The SMILES string of the molecule is O=C(CSc1ccccc1F)Nc1cccc(OCc2ccccn2)c1. The minimum Gasteiger partial charge on any atom is -0.487 e. The van der Waals surface area contributed by atoms with E-state index < -0.39 is 0 Å². The highest BCUT2D eigenvalue weighted by atomic mass is 32.2. The largest absolute Gasteiger partial charge is 0.487 e. The Morgan fingerprint density at radius 2 is 1.92 bits per heavy atom. The topological polar surface area (TPSA) is 51.2 Å². The van der Waals surface area contributed by atoms with Crippen LogP contribution < -0.4 is 10.1 Å². The van der Waals surface area contributed by atoms with E-state index in [2.05, 4.69) is 10.3 Å². The molecule has 1 heterocycles. The number of nitrogens with zero attached hydrogens (tertiary/aromatic N) is 1. The highest BCUT2D eigenvalue weighted by Crippen LogP contribution is 2.22. The first-order valence-electron chi connectivity index (χ1n) is 8.01. The number of benzene rings is 2. The summed E-state index contributed by atoms with van der Waals surface area (Å²) in [7, 11) is 0. The van der Waals surface area contributed by atoms with Gasteiger partial charge in [-0.25, -0.2) is 4.39 Å². The fourth-order valence-corrected chi connectivity index (χ4v) is 2.95. The van der Waals surface area contributed by atoms with E-state index >= 15 is 0 Å². The fourth-order valence-electron chi connectivity index (χ4n) is 2.21. The summed E-state index contributed by atoms with van der Waals surface area (Å²) in [6.07, 6.45) is 1.71. The molecule has 1 aromatic heterocycles. The van der Waals surface area contributed by atoms with Gasteiger partial charge < -0.3 is 10.1 Å². The molecule has 0 fully saturated rings. The van der Waals surface area contributed by atoms with Gasteiger partial charge in [-0.1, -0.05) is 24.3 Å². The van der Waals surface area contributed by atoms with Crippen molar-refractivity contribution < 1.29 is 13.9 Å². The second-order valence-electron chi connectivity index (χ2n) is 5.40. The van der Waals surface area contributed by atoms with Gasteiger partial charge in [0.1, 0.15) is 18.2 Å². The number of halogens is 1.